The van der Waals surface area contributed by atoms with E-state index in [4.69, 9.17) is 0 Å². The molecule has 0 spiro atoms. The van der Waals surface area contributed by atoms with Crippen molar-refractivity contribution in [3.05, 3.63) is 29.8 Å². The Bertz CT molecular complexity index is 323. The summed E-state index contributed by atoms with van der Waals surface area (Å²) in [5.41, 5.74) is 2.04. The Morgan fingerprint density at radius 1 is 1.57 bits per heavy atom. The van der Waals surface area contributed by atoms with Crippen LogP contribution in [0.5, 0.6) is 0 Å². The summed E-state index contributed by atoms with van der Waals surface area (Å²) >= 11 is 4.33. The third kappa shape index (κ3) is 3.83. The quantitative estimate of drug-likeness (QED) is 0.736. The molecular formula is C11H15NOS. The average molecular weight is 209 g/mol. The van der Waals surface area contributed by atoms with Gasteiger partial charge in [-0.2, -0.15) is 12.6 Å². The molecule has 0 heterocycles. The van der Waals surface area contributed by atoms with E-state index in [1.54, 1.807) is 0 Å². The van der Waals surface area contributed by atoms with Crippen molar-refractivity contribution >= 4 is 24.2 Å². The molecule has 0 saturated heterocycles. The lowest BCUT2D eigenvalue weighted by atomic mass is 10.1. The van der Waals surface area contributed by atoms with Crippen LogP contribution in [0.25, 0.3) is 0 Å². The topological polar surface area (TPSA) is 29.1 Å². The summed E-state index contributed by atoms with van der Waals surface area (Å²) in [6.07, 6.45) is 0.913. The van der Waals surface area contributed by atoms with Crippen LogP contribution < -0.4 is 5.32 Å². The molecule has 0 aromatic heterocycles. The van der Waals surface area contributed by atoms with Gasteiger partial charge in [-0.25, -0.2) is 0 Å². The molecule has 1 aromatic rings. The number of anilines is 1. The van der Waals surface area contributed by atoms with Gasteiger partial charge in [0.25, 0.3) is 0 Å². The zero-order chi connectivity index (χ0) is 10.6. The molecule has 1 unspecified atom stereocenters. The van der Waals surface area contributed by atoms with Crippen LogP contribution in [0.3, 0.4) is 0 Å². The normalized spacial score (nSPS) is 12.2. The Morgan fingerprint density at radius 3 is 2.86 bits per heavy atom. The third-order valence-corrected chi connectivity index (χ3v) is 1.96. The van der Waals surface area contributed by atoms with E-state index in [9.17, 15) is 4.79 Å². The maximum Gasteiger partial charge on any atom is 0.221 e. The molecular weight excluding hydrogens is 194 g/mol. The summed E-state index contributed by atoms with van der Waals surface area (Å²) in [6.45, 7) is 3.56. The van der Waals surface area contributed by atoms with Crippen molar-refractivity contribution in [3.63, 3.8) is 0 Å². The van der Waals surface area contributed by atoms with Crippen LogP contribution in [0, 0.1) is 0 Å². The average Bonchev–Trinajstić information content (AvgIpc) is 2.01. The monoisotopic (exact) mass is 209 g/mol. The minimum atomic E-state index is -0.0407. The van der Waals surface area contributed by atoms with Crippen molar-refractivity contribution in [3.8, 4) is 0 Å². The van der Waals surface area contributed by atoms with Crippen LogP contribution in [0.15, 0.2) is 24.3 Å². The molecule has 1 atom stereocenters. The first-order chi connectivity index (χ1) is 6.58. The van der Waals surface area contributed by atoms with Gasteiger partial charge in [-0.05, 0) is 24.1 Å². The molecule has 0 bridgehead atoms. The molecule has 1 N–H and O–H groups in total. The fraction of sp³-hybridized carbons (Fsp3) is 0.364. The molecule has 1 aromatic carbocycles. The smallest absolute Gasteiger partial charge is 0.221 e. The largest absolute Gasteiger partial charge is 0.326 e. The van der Waals surface area contributed by atoms with Gasteiger partial charge in [0.15, 0.2) is 0 Å². The maximum absolute atomic E-state index is 10.8. The zero-order valence-corrected chi connectivity index (χ0v) is 9.34. The molecule has 2 nitrogen and oxygen atoms in total. The number of amides is 1. The van der Waals surface area contributed by atoms with Crippen molar-refractivity contribution < 1.29 is 4.79 Å². The second kappa shape index (κ2) is 5.05. The first kappa shape index (κ1) is 11.1. The zero-order valence-electron chi connectivity index (χ0n) is 8.45. The van der Waals surface area contributed by atoms with Crippen LogP contribution in [-0.2, 0) is 11.2 Å². The van der Waals surface area contributed by atoms with Crippen LogP contribution in [0.2, 0.25) is 0 Å². The van der Waals surface area contributed by atoms with Gasteiger partial charge in [-0.1, -0.05) is 19.1 Å². The number of nitrogens with one attached hydrogen (secondary N) is 1. The van der Waals surface area contributed by atoms with Gasteiger partial charge >= 0.3 is 0 Å². The Balaban J connectivity index is 2.73. The molecule has 0 saturated carbocycles. The summed E-state index contributed by atoms with van der Waals surface area (Å²) < 4.78 is 0. The number of thiol groups is 1. The van der Waals surface area contributed by atoms with Crippen LogP contribution >= 0.6 is 12.6 Å². The standard InChI is InChI=1S/C11H15NOS/c1-8(14)6-10-4-3-5-11(7-10)12-9(2)13/h3-5,7-8,14H,6H2,1-2H3,(H,12,13). The molecule has 0 radical (unpaired) electrons. The van der Waals surface area contributed by atoms with E-state index >= 15 is 0 Å². The van der Waals surface area contributed by atoms with Gasteiger partial charge in [0.2, 0.25) is 5.91 Å². The van der Waals surface area contributed by atoms with Crippen molar-refractivity contribution in [1.29, 1.82) is 0 Å². The van der Waals surface area contributed by atoms with Crippen LogP contribution in [0.4, 0.5) is 5.69 Å². The minimum Gasteiger partial charge on any atom is -0.326 e. The molecule has 0 fully saturated rings. The molecule has 3 heteroatoms. The summed E-state index contributed by atoms with van der Waals surface area (Å²) in [6, 6.07) is 7.84. The van der Waals surface area contributed by atoms with E-state index in [0.29, 0.717) is 5.25 Å². The number of hydrogen-bond donors (Lipinski definition) is 2. The summed E-state index contributed by atoms with van der Waals surface area (Å²) in [7, 11) is 0. The molecule has 1 rings (SSSR count). The Labute approximate surface area is 90.1 Å². The highest BCUT2D eigenvalue weighted by Crippen LogP contribution is 2.13. The van der Waals surface area contributed by atoms with Crippen molar-refractivity contribution in [1.82, 2.24) is 0 Å². The third-order valence-electron chi connectivity index (χ3n) is 1.78. The molecule has 1 amide bonds. The second-order valence-corrected chi connectivity index (χ2v) is 4.32. The lowest BCUT2D eigenvalue weighted by molar-refractivity contribution is -0.114. The highest BCUT2D eigenvalue weighted by atomic mass is 32.1. The molecule has 76 valence electrons. The first-order valence-corrected chi connectivity index (χ1v) is 5.14. The molecule has 0 aliphatic carbocycles. The molecule has 0 aliphatic rings. The Morgan fingerprint density at radius 2 is 2.29 bits per heavy atom. The molecule has 0 aliphatic heterocycles. The first-order valence-electron chi connectivity index (χ1n) is 4.62. The Hall–Kier alpha value is -0.960. The van der Waals surface area contributed by atoms with E-state index in [-0.39, 0.29) is 5.91 Å². The van der Waals surface area contributed by atoms with Gasteiger partial charge in [0.1, 0.15) is 0 Å². The number of hydrogen-bond acceptors (Lipinski definition) is 2. The summed E-state index contributed by atoms with van der Waals surface area (Å²) in [4.78, 5) is 10.8. The number of benzene rings is 1. The molecule has 14 heavy (non-hydrogen) atoms. The number of rotatable bonds is 3. The fourth-order valence-corrected chi connectivity index (χ4v) is 1.53. The van der Waals surface area contributed by atoms with Crippen LogP contribution in [-0.4, -0.2) is 11.2 Å². The fourth-order valence-electron chi connectivity index (χ4n) is 1.32. The van der Waals surface area contributed by atoms with Crippen molar-refractivity contribution in [2.45, 2.75) is 25.5 Å². The van der Waals surface area contributed by atoms with Gasteiger partial charge in [-0.15, -0.1) is 0 Å². The second-order valence-electron chi connectivity index (χ2n) is 3.43. The predicted octanol–water partition coefficient (Wildman–Crippen LogP) is 2.51. The van der Waals surface area contributed by atoms with E-state index < -0.39 is 0 Å². The minimum absolute atomic E-state index is 0.0407. The summed E-state index contributed by atoms with van der Waals surface area (Å²) in [5.74, 6) is -0.0407. The van der Waals surface area contributed by atoms with Crippen molar-refractivity contribution in [2.24, 2.45) is 0 Å². The summed E-state index contributed by atoms with van der Waals surface area (Å²) in [5, 5.41) is 3.09. The number of carbonyl (C=O) groups is 1. The van der Waals surface area contributed by atoms with Crippen LogP contribution in [0.1, 0.15) is 19.4 Å². The van der Waals surface area contributed by atoms with Gasteiger partial charge in [0, 0.05) is 17.9 Å². The highest BCUT2D eigenvalue weighted by molar-refractivity contribution is 7.80. The van der Waals surface area contributed by atoms with E-state index in [1.807, 2.05) is 31.2 Å². The van der Waals surface area contributed by atoms with Crippen molar-refractivity contribution in [2.75, 3.05) is 5.32 Å². The maximum atomic E-state index is 10.8. The Kier molecular flexibility index (Phi) is 4.01. The highest BCUT2D eigenvalue weighted by Gasteiger charge is 2.00. The predicted molar refractivity (Wildman–Crippen MR) is 62.9 cm³/mol. The van der Waals surface area contributed by atoms with E-state index in [2.05, 4.69) is 17.9 Å². The van der Waals surface area contributed by atoms with Gasteiger partial charge in [-0.3, -0.25) is 4.79 Å². The lowest BCUT2D eigenvalue weighted by Crippen LogP contribution is -2.06. The number of carbonyl (C=O) groups excluding carboxylic acids is 1. The van der Waals surface area contributed by atoms with Gasteiger partial charge in [0.05, 0.1) is 0 Å². The SMILES string of the molecule is CC(=O)Nc1cccc(CC(C)S)c1. The van der Waals surface area contributed by atoms with E-state index in [0.717, 1.165) is 12.1 Å². The lowest BCUT2D eigenvalue weighted by Gasteiger charge is -2.07. The van der Waals surface area contributed by atoms with E-state index in [1.165, 1.54) is 12.5 Å². The van der Waals surface area contributed by atoms with Gasteiger partial charge < -0.3 is 5.32 Å².